The Morgan fingerprint density at radius 3 is 2.68 bits per heavy atom. The number of hydrogen-bond acceptors (Lipinski definition) is 3. The van der Waals surface area contributed by atoms with E-state index in [2.05, 4.69) is 26.6 Å². The van der Waals surface area contributed by atoms with Crippen LogP contribution < -0.4 is 10.6 Å². The third-order valence-electron chi connectivity index (χ3n) is 2.45. The van der Waals surface area contributed by atoms with Crippen LogP contribution in [-0.4, -0.2) is 29.9 Å². The quantitative estimate of drug-likeness (QED) is 0.825. The maximum absolute atomic E-state index is 11.8. The first-order valence-corrected chi connectivity index (χ1v) is 7.99. The van der Waals surface area contributed by atoms with E-state index in [0.717, 1.165) is 15.8 Å². The number of carbonyl (C=O) groups excluding carboxylic acids is 2. The van der Waals surface area contributed by atoms with Crippen molar-refractivity contribution >= 4 is 45.2 Å². The number of nitrogens with one attached hydrogen (secondary N) is 2. The molecule has 0 saturated carbocycles. The summed E-state index contributed by atoms with van der Waals surface area (Å²) >= 11 is 4.95. The first-order chi connectivity index (χ1) is 8.93. The highest BCUT2D eigenvalue weighted by Gasteiger charge is 2.16. The van der Waals surface area contributed by atoms with Crippen molar-refractivity contribution < 1.29 is 9.59 Å². The smallest absolute Gasteiger partial charge is 0.313 e. The minimum absolute atomic E-state index is 0.0307. The second kappa shape index (κ2) is 7.55. The van der Waals surface area contributed by atoms with Gasteiger partial charge in [0.2, 0.25) is 0 Å². The molecule has 19 heavy (non-hydrogen) atoms. The number of benzene rings is 1. The Morgan fingerprint density at radius 2 is 2.05 bits per heavy atom. The molecule has 1 aromatic carbocycles. The lowest BCUT2D eigenvalue weighted by Gasteiger charge is -2.13. The summed E-state index contributed by atoms with van der Waals surface area (Å²) in [5.74, 6) is -0.482. The van der Waals surface area contributed by atoms with E-state index in [4.69, 9.17) is 0 Å². The highest BCUT2D eigenvalue weighted by Crippen LogP contribution is 2.20. The summed E-state index contributed by atoms with van der Waals surface area (Å²) in [6.45, 7) is 3.74. The summed E-state index contributed by atoms with van der Waals surface area (Å²) in [6, 6.07) is 5.49. The fourth-order valence-corrected chi connectivity index (χ4v) is 2.43. The second-order valence-corrected chi connectivity index (χ2v) is 6.07. The molecule has 0 aliphatic heterocycles. The lowest BCUT2D eigenvalue weighted by molar-refractivity contribution is -0.136. The standard InChI is InChI=1S/C13H17BrN2O2S/c1-8-4-5-10(14)6-11(8)16-13(18)12(17)15-9(2)7-19-3/h4-6,9H,7H2,1-3H3,(H,15,17)(H,16,18)/t9-/m0/s1. The van der Waals surface area contributed by atoms with Gasteiger partial charge < -0.3 is 10.6 Å². The van der Waals surface area contributed by atoms with Crippen LogP contribution in [0.25, 0.3) is 0 Å². The normalized spacial score (nSPS) is 11.8. The molecule has 0 bridgehead atoms. The summed E-state index contributed by atoms with van der Waals surface area (Å²) in [4.78, 5) is 23.5. The van der Waals surface area contributed by atoms with E-state index in [9.17, 15) is 9.59 Å². The van der Waals surface area contributed by atoms with Crippen molar-refractivity contribution in [2.75, 3.05) is 17.3 Å². The summed E-state index contributed by atoms with van der Waals surface area (Å²) in [5, 5.41) is 5.26. The predicted octanol–water partition coefficient (Wildman–Crippen LogP) is 2.56. The summed E-state index contributed by atoms with van der Waals surface area (Å²) in [7, 11) is 0. The molecule has 0 saturated heterocycles. The predicted molar refractivity (Wildman–Crippen MR) is 83.5 cm³/mol. The second-order valence-electron chi connectivity index (χ2n) is 4.24. The first kappa shape index (κ1) is 16.0. The molecular weight excluding hydrogens is 328 g/mol. The molecule has 1 rings (SSSR count). The van der Waals surface area contributed by atoms with E-state index in [0.29, 0.717) is 5.69 Å². The summed E-state index contributed by atoms with van der Waals surface area (Å²) in [6.07, 6.45) is 1.95. The minimum Gasteiger partial charge on any atom is -0.345 e. The van der Waals surface area contributed by atoms with Gasteiger partial charge >= 0.3 is 11.8 Å². The summed E-state index contributed by atoms with van der Waals surface area (Å²) in [5.41, 5.74) is 1.54. The highest BCUT2D eigenvalue weighted by molar-refractivity contribution is 9.10. The van der Waals surface area contributed by atoms with Gasteiger partial charge in [0.15, 0.2) is 0 Å². The number of amides is 2. The van der Waals surface area contributed by atoms with Gasteiger partial charge in [-0.15, -0.1) is 0 Å². The molecule has 0 radical (unpaired) electrons. The monoisotopic (exact) mass is 344 g/mol. The van der Waals surface area contributed by atoms with Gasteiger partial charge in [0, 0.05) is 22.0 Å². The Morgan fingerprint density at radius 1 is 1.37 bits per heavy atom. The average molecular weight is 345 g/mol. The molecule has 0 aliphatic rings. The lowest BCUT2D eigenvalue weighted by Crippen LogP contribution is -2.41. The van der Waals surface area contributed by atoms with Crippen molar-refractivity contribution in [3.63, 3.8) is 0 Å². The topological polar surface area (TPSA) is 58.2 Å². The van der Waals surface area contributed by atoms with Gasteiger partial charge in [0.25, 0.3) is 0 Å². The third kappa shape index (κ3) is 5.24. The number of carbonyl (C=O) groups is 2. The van der Waals surface area contributed by atoms with Crippen molar-refractivity contribution in [1.82, 2.24) is 5.32 Å². The Hall–Kier alpha value is -1.01. The minimum atomic E-state index is -0.644. The SMILES string of the molecule is CSC[C@H](C)NC(=O)C(=O)Nc1cc(Br)ccc1C. The molecule has 104 valence electrons. The molecule has 1 aromatic rings. The van der Waals surface area contributed by atoms with Crippen molar-refractivity contribution in [2.24, 2.45) is 0 Å². The molecule has 2 N–H and O–H groups in total. The zero-order valence-corrected chi connectivity index (χ0v) is 13.5. The number of halogens is 1. The molecule has 0 aliphatic carbocycles. The molecule has 4 nitrogen and oxygen atoms in total. The van der Waals surface area contributed by atoms with E-state index >= 15 is 0 Å². The van der Waals surface area contributed by atoms with E-state index in [1.54, 1.807) is 17.8 Å². The molecule has 2 amide bonds. The van der Waals surface area contributed by atoms with E-state index in [-0.39, 0.29) is 6.04 Å². The maximum Gasteiger partial charge on any atom is 0.313 e. The van der Waals surface area contributed by atoms with Gasteiger partial charge in [0.1, 0.15) is 0 Å². The Kier molecular flexibility index (Phi) is 6.37. The summed E-state index contributed by atoms with van der Waals surface area (Å²) < 4.78 is 0.851. The van der Waals surface area contributed by atoms with Gasteiger partial charge in [-0.05, 0) is 37.8 Å². The molecular formula is C13H17BrN2O2S. The Balaban J connectivity index is 2.64. The van der Waals surface area contributed by atoms with E-state index in [1.807, 2.05) is 32.2 Å². The number of thioether (sulfide) groups is 1. The van der Waals surface area contributed by atoms with Gasteiger partial charge in [-0.25, -0.2) is 0 Å². The fourth-order valence-electron chi connectivity index (χ4n) is 1.49. The van der Waals surface area contributed by atoms with Crippen LogP contribution in [-0.2, 0) is 9.59 Å². The fraction of sp³-hybridized carbons (Fsp3) is 0.385. The van der Waals surface area contributed by atoms with Gasteiger partial charge in [0.05, 0.1) is 0 Å². The van der Waals surface area contributed by atoms with Crippen LogP contribution in [0, 0.1) is 6.92 Å². The molecule has 0 heterocycles. The van der Waals surface area contributed by atoms with Crippen LogP contribution in [0.15, 0.2) is 22.7 Å². The zero-order valence-electron chi connectivity index (χ0n) is 11.1. The van der Waals surface area contributed by atoms with Crippen LogP contribution in [0.3, 0.4) is 0 Å². The molecule has 0 spiro atoms. The number of aryl methyl sites for hydroxylation is 1. The van der Waals surface area contributed by atoms with Gasteiger partial charge in [-0.3, -0.25) is 9.59 Å². The van der Waals surface area contributed by atoms with Crippen LogP contribution in [0.5, 0.6) is 0 Å². The average Bonchev–Trinajstić information content (AvgIpc) is 2.34. The molecule has 0 fully saturated rings. The largest absolute Gasteiger partial charge is 0.345 e. The Bertz CT molecular complexity index is 480. The van der Waals surface area contributed by atoms with Crippen LogP contribution in [0.4, 0.5) is 5.69 Å². The lowest BCUT2D eigenvalue weighted by atomic mass is 10.2. The zero-order chi connectivity index (χ0) is 14.4. The Labute approximate surface area is 125 Å². The van der Waals surface area contributed by atoms with E-state index in [1.165, 1.54) is 0 Å². The molecule has 1 atom stereocenters. The third-order valence-corrected chi connectivity index (χ3v) is 3.77. The van der Waals surface area contributed by atoms with Crippen LogP contribution >= 0.6 is 27.7 Å². The van der Waals surface area contributed by atoms with Crippen molar-refractivity contribution in [2.45, 2.75) is 19.9 Å². The number of rotatable bonds is 4. The number of hydrogen-bond donors (Lipinski definition) is 2. The van der Waals surface area contributed by atoms with Crippen molar-refractivity contribution in [3.8, 4) is 0 Å². The highest BCUT2D eigenvalue weighted by atomic mass is 79.9. The number of anilines is 1. The van der Waals surface area contributed by atoms with Gasteiger partial charge in [-0.2, -0.15) is 11.8 Å². The van der Waals surface area contributed by atoms with Crippen LogP contribution in [0.1, 0.15) is 12.5 Å². The molecule has 6 heteroatoms. The first-order valence-electron chi connectivity index (χ1n) is 5.81. The van der Waals surface area contributed by atoms with E-state index < -0.39 is 11.8 Å². The van der Waals surface area contributed by atoms with Crippen molar-refractivity contribution in [3.05, 3.63) is 28.2 Å². The maximum atomic E-state index is 11.8. The molecule has 0 aromatic heterocycles. The molecule has 0 unspecified atom stereocenters. The van der Waals surface area contributed by atoms with Gasteiger partial charge in [-0.1, -0.05) is 22.0 Å². The van der Waals surface area contributed by atoms with Crippen LogP contribution in [0.2, 0.25) is 0 Å². The van der Waals surface area contributed by atoms with Crippen molar-refractivity contribution in [1.29, 1.82) is 0 Å².